The van der Waals surface area contributed by atoms with Gasteiger partial charge in [-0.1, -0.05) is 17.7 Å². The molecule has 0 aliphatic rings. The predicted octanol–water partition coefficient (Wildman–Crippen LogP) is 4.62. The molecule has 1 N–H and O–H groups in total. The Morgan fingerprint density at radius 1 is 1.09 bits per heavy atom. The molecule has 116 valence electrons. The average Bonchev–Trinajstić information content (AvgIpc) is 2.44. The standard InChI is InChI=1S/C17H17F2NOS/c1-10-6-11(2)17(12(3)7-10)20-16(21)9-22-15-8-13(18)4-5-14(15)19/h4-8H,9H2,1-3H3,(H,20,21). The van der Waals surface area contributed by atoms with Crippen LogP contribution in [0.5, 0.6) is 0 Å². The highest BCUT2D eigenvalue weighted by Gasteiger charge is 2.11. The minimum absolute atomic E-state index is 0.0210. The third kappa shape index (κ3) is 4.07. The zero-order valence-electron chi connectivity index (χ0n) is 12.7. The molecule has 0 spiro atoms. The van der Waals surface area contributed by atoms with Gasteiger partial charge in [0.05, 0.1) is 5.75 Å². The first-order valence-electron chi connectivity index (χ1n) is 6.82. The summed E-state index contributed by atoms with van der Waals surface area (Å²) in [6.07, 6.45) is 0. The van der Waals surface area contributed by atoms with Crippen molar-refractivity contribution < 1.29 is 13.6 Å². The van der Waals surface area contributed by atoms with E-state index in [-0.39, 0.29) is 16.6 Å². The first kappa shape index (κ1) is 16.5. The Bertz CT molecular complexity index is 693. The Morgan fingerprint density at radius 3 is 2.36 bits per heavy atom. The molecule has 0 fully saturated rings. The van der Waals surface area contributed by atoms with E-state index < -0.39 is 11.6 Å². The average molecular weight is 321 g/mol. The summed E-state index contributed by atoms with van der Waals surface area (Å²) in [5, 5.41) is 2.83. The SMILES string of the molecule is Cc1cc(C)c(NC(=O)CSc2cc(F)ccc2F)c(C)c1. The summed E-state index contributed by atoms with van der Waals surface area (Å²) < 4.78 is 26.6. The van der Waals surface area contributed by atoms with Crippen molar-refractivity contribution in [2.45, 2.75) is 25.7 Å². The summed E-state index contributed by atoms with van der Waals surface area (Å²) in [5.41, 5.74) is 3.86. The smallest absolute Gasteiger partial charge is 0.234 e. The zero-order valence-corrected chi connectivity index (χ0v) is 13.5. The van der Waals surface area contributed by atoms with Crippen LogP contribution in [0.15, 0.2) is 35.2 Å². The Kier molecular flexibility index (Phi) is 5.19. The number of nitrogens with one attached hydrogen (secondary N) is 1. The Labute approximate surface area is 132 Å². The maximum Gasteiger partial charge on any atom is 0.234 e. The molecule has 2 nitrogen and oxygen atoms in total. The number of carbonyl (C=O) groups excluding carboxylic acids is 1. The van der Waals surface area contributed by atoms with Gasteiger partial charge in [0.25, 0.3) is 0 Å². The van der Waals surface area contributed by atoms with Crippen LogP contribution in [0, 0.1) is 32.4 Å². The minimum atomic E-state index is -0.526. The maximum atomic E-state index is 13.5. The Morgan fingerprint density at radius 2 is 1.73 bits per heavy atom. The highest BCUT2D eigenvalue weighted by molar-refractivity contribution is 8.00. The molecule has 5 heteroatoms. The Hall–Kier alpha value is -1.88. The number of amides is 1. The highest BCUT2D eigenvalue weighted by atomic mass is 32.2. The van der Waals surface area contributed by atoms with Crippen molar-refractivity contribution in [1.29, 1.82) is 0 Å². The number of thioether (sulfide) groups is 1. The van der Waals surface area contributed by atoms with Gasteiger partial charge in [0.2, 0.25) is 5.91 Å². The molecule has 2 aromatic rings. The van der Waals surface area contributed by atoms with Crippen LogP contribution in [0.3, 0.4) is 0 Å². The van der Waals surface area contributed by atoms with Gasteiger partial charge in [-0.15, -0.1) is 11.8 Å². The maximum absolute atomic E-state index is 13.5. The molecule has 22 heavy (non-hydrogen) atoms. The van der Waals surface area contributed by atoms with Gasteiger partial charge in [0.1, 0.15) is 11.6 Å². The van der Waals surface area contributed by atoms with Crippen molar-refractivity contribution in [3.8, 4) is 0 Å². The summed E-state index contributed by atoms with van der Waals surface area (Å²) >= 11 is 0.976. The molecular weight excluding hydrogens is 304 g/mol. The van der Waals surface area contributed by atoms with Gasteiger partial charge in [-0.25, -0.2) is 8.78 Å². The molecule has 0 aliphatic heterocycles. The van der Waals surface area contributed by atoms with Gasteiger partial charge in [-0.2, -0.15) is 0 Å². The highest BCUT2D eigenvalue weighted by Crippen LogP contribution is 2.25. The van der Waals surface area contributed by atoms with E-state index in [1.807, 2.05) is 32.9 Å². The summed E-state index contributed by atoms with van der Waals surface area (Å²) in [6, 6.07) is 7.18. The van der Waals surface area contributed by atoms with Gasteiger partial charge < -0.3 is 5.32 Å². The molecule has 2 aromatic carbocycles. The molecule has 1 amide bonds. The second kappa shape index (κ2) is 6.92. The number of carbonyl (C=O) groups is 1. The lowest BCUT2D eigenvalue weighted by Gasteiger charge is -2.12. The van der Waals surface area contributed by atoms with E-state index in [0.29, 0.717) is 0 Å². The van der Waals surface area contributed by atoms with E-state index in [1.165, 1.54) is 0 Å². The lowest BCUT2D eigenvalue weighted by molar-refractivity contribution is -0.113. The number of aryl methyl sites for hydroxylation is 3. The van der Waals surface area contributed by atoms with Gasteiger partial charge in [0, 0.05) is 10.6 Å². The summed E-state index contributed by atoms with van der Waals surface area (Å²) in [4.78, 5) is 12.2. The van der Waals surface area contributed by atoms with Gasteiger partial charge in [-0.3, -0.25) is 4.79 Å². The molecule has 0 atom stereocenters. The molecular formula is C17H17F2NOS. The van der Waals surface area contributed by atoms with Crippen molar-refractivity contribution in [2.24, 2.45) is 0 Å². The number of hydrogen-bond donors (Lipinski definition) is 1. The Balaban J connectivity index is 2.03. The topological polar surface area (TPSA) is 29.1 Å². The molecule has 0 aromatic heterocycles. The zero-order chi connectivity index (χ0) is 16.3. The van der Waals surface area contributed by atoms with Crippen molar-refractivity contribution in [3.63, 3.8) is 0 Å². The summed E-state index contributed by atoms with van der Waals surface area (Å²) in [5.74, 6) is -1.27. The molecule has 0 heterocycles. The number of rotatable bonds is 4. The fourth-order valence-corrected chi connectivity index (χ4v) is 3.04. The molecule has 0 saturated heterocycles. The number of halogens is 2. The van der Waals surface area contributed by atoms with Crippen LogP contribution in [0.1, 0.15) is 16.7 Å². The van der Waals surface area contributed by atoms with Crippen LogP contribution in [-0.2, 0) is 4.79 Å². The van der Waals surface area contributed by atoms with Crippen molar-refractivity contribution in [1.82, 2.24) is 0 Å². The third-order valence-corrected chi connectivity index (χ3v) is 4.22. The molecule has 2 rings (SSSR count). The second-order valence-electron chi connectivity index (χ2n) is 5.19. The summed E-state index contributed by atoms with van der Waals surface area (Å²) in [7, 11) is 0. The molecule has 0 saturated carbocycles. The number of anilines is 1. The van der Waals surface area contributed by atoms with Crippen LogP contribution in [0.2, 0.25) is 0 Å². The van der Waals surface area contributed by atoms with Gasteiger partial charge >= 0.3 is 0 Å². The summed E-state index contributed by atoms with van der Waals surface area (Å²) in [6.45, 7) is 5.85. The molecule has 0 unspecified atom stereocenters. The monoisotopic (exact) mass is 321 g/mol. The second-order valence-corrected chi connectivity index (χ2v) is 6.20. The van der Waals surface area contributed by atoms with E-state index >= 15 is 0 Å². The van der Waals surface area contributed by atoms with Crippen LogP contribution in [-0.4, -0.2) is 11.7 Å². The fraction of sp³-hybridized carbons (Fsp3) is 0.235. The quantitative estimate of drug-likeness (QED) is 0.833. The predicted molar refractivity (Wildman–Crippen MR) is 86.4 cm³/mol. The van der Waals surface area contributed by atoms with Crippen molar-refractivity contribution in [2.75, 3.05) is 11.1 Å². The van der Waals surface area contributed by atoms with Crippen LogP contribution >= 0.6 is 11.8 Å². The van der Waals surface area contributed by atoms with E-state index in [0.717, 1.165) is 52.3 Å². The van der Waals surface area contributed by atoms with E-state index in [4.69, 9.17) is 0 Å². The first-order chi connectivity index (χ1) is 10.4. The molecule has 0 aliphatic carbocycles. The first-order valence-corrected chi connectivity index (χ1v) is 7.81. The van der Waals surface area contributed by atoms with Crippen LogP contribution in [0.4, 0.5) is 14.5 Å². The van der Waals surface area contributed by atoms with E-state index in [2.05, 4.69) is 5.32 Å². The van der Waals surface area contributed by atoms with Crippen molar-refractivity contribution >= 4 is 23.4 Å². The lowest BCUT2D eigenvalue weighted by atomic mass is 10.1. The molecule has 0 bridgehead atoms. The van der Waals surface area contributed by atoms with Crippen molar-refractivity contribution in [3.05, 3.63) is 58.7 Å². The van der Waals surface area contributed by atoms with Gasteiger partial charge in [-0.05, 0) is 50.1 Å². The molecule has 0 radical (unpaired) electrons. The fourth-order valence-electron chi connectivity index (χ4n) is 2.28. The third-order valence-electron chi connectivity index (χ3n) is 3.19. The number of benzene rings is 2. The van der Waals surface area contributed by atoms with Crippen LogP contribution < -0.4 is 5.32 Å². The van der Waals surface area contributed by atoms with E-state index in [1.54, 1.807) is 0 Å². The normalized spacial score (nSPS) is 10.6. The van der Waals surface area contributed by atoms with E-state index in [9.17, 15) is 13.6 Å². The largest absolute Gasteiger partial charge is 0.325 e. The number of hydrogen-bond acceptors (Lipinski definition) is 2. The van der Waals surface area contributed by atoms with Crippen LogP contribution in [0.25, 0.3) is 0 Å². The minimum Gasteiger partial charge on any atom is -0.325 e. The van der Waals surface area contributed by atoms with Gasteiger partial charge in [0.15, 0.2) is 0 Å². The lowest BCUT2D eigenvalue weighted by Crippen LogP contribution is -2.16.